The fourth-order valence-corrected chi connectivity index (χ4v) is 15.2. The number of amides is 1. The van der Waals surface area contributed by atoms with Crippen LogP contribution in [-0.4, -0.2) is 72.5 Å². The molecule has 0 heterocycles. The van der Waals surface area contributed by atoms with Crippen molar-refractivity contribution in [2.75, 3.05) is 66.6 Å². The summed E-state index contributed by atoms with van der Waals surface area (Å²) in [4.78, 5) is 11.0. The lowest BCUT2D eigenvalue weighted by Crippen LogP contribution is -2.22. The third-order valence-corrected chi connectivity index (χ3v) is 21.5. The van der Waals surface area contributed by atoms with Gasteiger partial charge in [-0.1, -0.05) is 230 Å². The molecule has 0 spiro atoms. The van der Waals surface area contributed by atoms with Gasteiger partial charge in [-0.15, -0.1) is 0 Å². The maximum atomic E-state index is 13.4. The van der Waals surface area contributed by atoms with Crippen LogP contribution in [0.1, 0.15) is 135 Å². The summed E-state index contributed by atoms with van der Waals surface area (Å²) < 4.78 is 122. The second-order valence-corrected chi connectivity index (χ2v) is 31.3. The van der Waals surface area contributed by atoms with Gasteiger partial charge in [0.1, 0.15) is 63.8 Å². The van der Waals surface area contributed by atoms with Gasteiger partial charge in [0.15, 0.2) is 0 Å². The van der Waals surface area contributed by atoms with Crippen molar-refractivity contribution >= 4 is 28.7 Å². The van der Waals surface area contributed by atoms with Gasteiger partial charge in [0, 0.05) is 55.3 Å². The van der Waals surface area contributed by atoms with Gasteiger partial charge < -0.3 is 53.9 Å². The predicted molar refractivity (Wildman–Crippen MR) is 523 cm³/mol. The Kier molecular flexibility index (Phi) is 45.7. The molecule has 11 nitrogen and oxygen atoms in total. The minimum Gasteiger partial charge on any atom is -0.497 e. The summed E-state index contributed by atoms with van der Waals surface area (Å²) in [7, 11) is 3.30. The standard InChI is InChI=1S/C17H17F2NO.C17H20FNO.C16H18ClNO.C16H17F2N.C16H16FNO.C15H13F2N.C15H17N/c1-12(21)20-9-8-17(13-4-2-6-15(18)10-13)14-5-3-7-16(19)11-14;1-2-20-16-8-4-6-14(12-16)17(9-10-19)13-5-3-7-15(18)11-13;1-19-15-7-3-5-13(11-15)16(8-9-18)12-4-2-6-14(17)10-12;17-15-5-1-3-12(9-15)7-14(11-19)8-13-4-2-6-16(18)10-13;1-19-15-7-3-5-13(11-15)16(8-9-18)12-4-2-6-14(17)10-12;16-13-5-1-3-11(9-13)15(7-8-18)12-4-2-6-14(17)10-12;16-12-15(14-9-5-2-6-10-14)11-13-7-3-1-4-8-13/h2-7,10-11,17H,8-9H2,1H3,(H,20,21);3-8,11-12,17H,2,9-10,19H2,1H3;2-7,10-11,16H,8-9,18H2,1H3;1-6,9-10,14H,7-8,11,19H2;2-8,10-11H,9,18H2,1H3;1-7,9-10H,8,18H2;1-10,15H,11-12,16H2/b;;;;16-8-;;. The lowest BCUT2D eigenvalue weighted by molar-refractivity contribution is -0.118. The summed E-state index contributed by atoms with van der Waals surface area (Å²) in [5.41, 5.74) is 49.5. The Hall–Kier alpha value is -13.1. The zero-order valence-corrected chi connectivity index (χ0v) is 75.7. The van der Waals surface area contributed by atoms with Gasteiger partial charge in [-0.2, -0.15) is 0 Å². The molecule has 0 radical (unpaired) electrons. The number of ether oxygens (including phenoxy) is 3. The van der Waals surface area contributed by atoms with Gasteiger partial charge in [0.25, 0.3) is 0 Å². The summed E-state index contributed by atoms with van der Waals surface area (Å²) >= 11 is 6.08. The van der Waals surface area contributed by atoms with E-state index in [1.807, 2.05) is 140 Å². The second kappa shape index (κ2) is 57.9. The molecule has 0 fully saturated rings. The van der Waals surface area contributed by atoms with Crippen molar-refractivity contribution in [3.63, 3.8) is 0 Å². The van der Waals surface area contributed by atoms with Gasteiger partial charge in [-0.25, -0.2) is 35.1 Å². The first-order valence-electron chi connectivity index (χ1n) is 43.8. The smallest absolute Gasteiger partial charge is 0.216 e. The van der Waals surface area contributed by atoms with E-state index >= 15 is 0 Å². The Bertz CT molecular complexity index is 5690. The van der Waals surface area contributed by atoms with E-state index in [2.05, 4.69) is 72.0 Å². The minimum atomic E-state index is -0.327. The third-order valence-electron chi connectivity index (χ3n) is 21.3. The number of hydrogen-bond acceptors (Lipinski definition) is 10. The highest BCUT2D eigenvalue weighted by atomic mass is 35.5. The summed E-state index contributed by atoms with van der Waals surface area (Å²) in [6.45, 7) is 7.56. The molecule has 1 amide bonds. The Morgan fingerprint density at radius 3 is 1.04 bits per heavy atom. The van der Waals surface area contributed by atoms with E-state index in [-0.39, 0.29) is 76.1 Å². The fourth-order valence-electron chi connectivity index (χ4n) is 15.0. The predicted octanol–water partition coefficient (Wildman–Crippen LogP) is 24.0. The molecular weight excluding hydrogens is 1690 g/mol. The number of carbonyl (C=O) groups excluding carboxylic acids is 1. The first-order valence-corrected chi connectivity index (χ1v) is 44.2. The van der Waals surface area contributed by atoms with Gasteiger partial charge in [-0.3, -0.25) is 4.79 Å². The van der Waals surface area contributed by atoms with Gasteiger partial charge in [0.05, 0.1) is 20.8 Å². The summed E-state index contributed by atoms with van der Waals surface area (Å²) in [6.07, 6.45) is 8.28. The number of nitrogens with one attached hydrogen (secondary N) is 1. The first kappa shape index (κ1) is 104. The molecule has 3 unspecified atom stereocenters. The molecule has 0 aliphatic heterocycles. The topological polar surface area (TPSA) is 213 Å². The Balaban J connectivity index is 0.000000190. The van der Waals surface area contributed by atoms with Gasteiger partial charge >= 0.3 is 0 Å². The van der Waals surface area contributed by atoms with Crippen molar-refractivity contribution in [3.05, 3.63) is 493 Å². The largest absolute Gasteiger partial charge is 0.497 e. The Morgan fingerprint density at radius 1 is 0.341 bits per heavy atom. The van der Waals surface area contributed by atoms with Crippen LogP contribution in [0.15, 0.2) is 364 Å². The van der Waals surface area contributed by atoms with Crippen LogP contribution in [0.25, 0.3) is 11.1 Å². The van der Waals surface area contributed by atoms with Crippen molar-refractivity contribution < 1.29 is 54.1 Å². The number of rotatable bonds is 32. The maximum absolute atomic E-state index is 13.4. The third kappa shape index (κ3) is 36.3. The molecule has 14 rings (SSSR count). The van der Waals surface area contributed by atoms with Gasteiger partial charge in [0.2, 0.25) is 5.91 Å². The molecule has 20 heteroatoms. The van der Waals surface area contributed by atoms with Crippen LogP contribution in [0.4, 0.5) is 35.1 Å². The highest BCUT2D eigenvalue weighted by molar-refractivity contribution is 6.30. The van der Waals surface area contributed by atoms with E-state index in [9.17, 15) is 39.9 Å². The molecule has 0 bridgehead atoms. The molecule has 3 atom stereocenters. The number of halogens is 9. The molecule has 13 N–H and O–H groups in total. The van der Waals surface area contributed by atoms with Crippen molar-refractivity contribution in [1.29, 1.82) is 0 Å². The van der Waals surface area contributed by atoms with Crippen molar-refractivity contribution in [2.45, 2.75) is 76.0 Å². The average molecular weight is 1810 g/mol. The zero-order valence-electron chi connectivity index (χ0n) is 74.9. The molecule has 0 aliphatic carbocycles. The highest BCUT2D eigenvalue weighted by Gasteiger charge is 2.20. The van der Waals surface area contributed by atoms with Crippen LogP contribution >= 0.6 is 11.6 Å². The van der Waals surface area contributed by atoms with E-state index in [1.165, 1.54) is 120 Å². The molecule has 0 saturated heterocycles. The highest BCUT2D eigenvalue weighted by Crippen LogP contribution is 2.35. The van der Waals surface area contributed by atoms with Gasteiger partial charge in [-0.05, 0) is 312 Å². The number of carbonyl (C=O) groups is 1. The Labute approximate surface area is 777 Å². The SMILES string of the molecule is CC(=O)NCCC(c1cccc(F)c1)c1cccc(F)c1.CCOc1cccc(C(CCN)c2cccc(F)c2)c1.COc1cccc(/C(=C\CN)c2cccc(F)c2)c1.COc1cccc(C(CCN)c2cccc(Cl)c2)c1.NCC(Cc1cccc(F)c1)Cc1cccc(F)c1.NCC(Cc1ccccc1)c1ccccc1.NCC=C(c1cccc(F)c1)c1cccc(F)c1. The van der Waals surface area contributed by atoms with Crippen molar-refractivity contribution in [1.82, 2.24) is 5.32 Å². The number of hydrogen-bond donors (Lipinski definition) is 7. The van der Waals surface area contributed by atoms with Crippen LogP contribution in [0.3, 0.4) is 0 Å². The average Bonchev–Trinajstić information content (AvgIpc) is 0.846. The lowest BCUT2D eigenvalue weighted by atomic mass is 9.88. The molecule has 0 aliphatic rings. The molecule has 0 aromatic heterocycles. The fraction of sp³-hybridized carbons (Fsp3) is 0.205. The maximum Gasteiger partial charge on any atom is 0.216 e. The molecule has 14 aromatic carbocycles. The zero-order chi connectivity index (χ0) is 94.8. The van der Waals surface area contributed by atoms with E-state index < -0.39 is 0 Å². The van der Waals surface area contributed by atoms with Crippen LogP contribution in [0.2, 0.25) is 5.02 Å². The van der Waals surface area contributed by atoms with E-state index in [0.29, 0.717) is 88.7 Å². The van der Waals surface area contributed by atoms with Crippen LogP contribution < -0.4 is 53.9 Å². The molecule has 132 heavy (non-hydrogen) atoms. The van der Waals surface area contributed by atoms with E-state index in [0.717, 1.165) is 97.2 Å². The van der Waals surface area contributed by atoms with Crippen LogP contribution in [-0.2, 0) is 24.1 Å². The van der Waals surface area contributed by atoms with E-state index in [4.69, 9.17) is 60.2 Å². The normalized spacial score (nSPS) is 11.4. The van der Waals surface area contributed by atoms with Crippen molar-refractivity contribution in [2.24, 2.45) is 40.3 Å². The Morgan fingerprint density at radius 2 is 0.667 bits per heavy atom. The molecular formula is C112H118ClF8N7O4. The van der Waals surface area contributed by atoms with Crippen LogP contribution in [0.5, 0.6) is 17.2 Å². The second-order valence-electron chi connectivity index (χ2n) is 30.9. The monoisotopic (exact) mass is 1810 g/mol. The first-order chi connectivity index (χ1) is 64.1. The quantitative estimate of drug-likeness (QED) is 0.0198. The van der Waals surface area contributed by atoms with Crippen molar-refractivity contribution in [3.8, 4) is 17.2 Å². The lowest BCUT2D eigenvalue weighted by Gasteiger charge is -2.18. The van der Waals surface area contributed by atoms with Crippen LogP contribution in [0, 0.1) is 52.5 Å². The number of methoxy groups -OCH3 is 2. The number of nitrogens with two attached hydrogens (primary N) is 6. The summed E-state index contributed by atoms with van der Waals surface area (Å²) in [5.74, 6) is 0.867. The molecule has 0 saturated carbocycles. The molecule has 14 aromatic rings. The van der Waals surface area contributed by atoms with E-state index in [1.54, 1.807) is 87.0 Å². The number of benzene rings is 14. The minimum absolute atomic E-state index is 0.0936. The summed E-state index contributed by atoms with van der Waals surface area (Å²) in [5, 5.41) is 3.47. The molecule has 688 valence electrons. The summed E-state index contributed by atoms with van der Waals surface area (Å²) in [6, 6.07) is 104.